The van der Waals surface area contributed by atoms with E-state index in [4.69, 9.17) is 15.5 Å². The Morgan fingerprint density at radius 1 is 0.743 bits per heavy atom. The zero-order valence-corrected chi connectivity index (χ0v) is 42.9. The van der Waals surface area contributed by atoms with E-state index in [1.165, 1.54) is 160 Å². The van der Waals surface area contributed by atoms with Gasteiger partial charge in [0.05, 0.1) is 47.3 Å². The number of aliphatic hydroxyl groups is 1. The third-order valence-corrected chi connectivity index (χ3v) is 14.1. The predicted octanol–water partition coefficient (Wildman–Crippen LogP) is 12.8. The number of aliphatic hydroxyl groups excluding tert-OH is 1. The van der Waals surface area contributed by atoms with Gasteiger partial charge in [-0.3, -0.25) is 4.79 Å². The van der Waals surface area contributed by atoms with Gasteiger partial charge in [0.25, 0.3) is 5.56 Å². The molecule has 2 aromatic heterocycles. The molecule has 70 heavy (non-hydrogen) atoms. The molecule has 2 atom stereocenters. The molecule has 11 nitrogen and oxygen atoms in total. The highest BCUT2D eigenvalue weighted by molar-refractivity contribution is 5.87. The highest BCUT2D eigenvalue weighted by Gasteiger charge is 2.34. The van der Waals surface area contributed by atoms with Crippen molar-refractivity contribution in [1.29, 1.82) is 0 Å². The van der Waals surface area contributed by atoms with Gasteiger partial charge >= 0.3 is 5.97 Å². The summed E-state index contributed by atoms with van der Waals surface area (Å²) in [5.74, 6) is -1.31. The molecule has 0 amide bonds. The molecule has 5 rings (SSSR count). The van der Waals surface area contributed by atoms with Crippen LogP contribution in [0.15, 0.2) is 78.2 Å². The number of cyclic esters (lactones) is 1. The van der Waals surface area contributed by atoms with Crippen LogP contribution in [0.25, 0.3) is 22.3 Å². The van der Waals surface area contributed by atoms with Gasteiger partial charge in [0.15, 0.2) is 6.10 Å². The number of anilines is 1. The minimum absolute atomic E-state index is 0.194. The third kappa shape index (κ3) is 18.3. The van der Waals surface area contributed by atoms with E-state index < -0.39 is 17.9 Å². The first-order valence-corrected chi connectivity index (χ1v) is 27.1. The average molecular weight is 966 g/mol. The van der Waals surface area contributed by atoms with Gasteiger partial charge in [-0.2, -0.15) is 0 Å². The quantitative estimate of drug-likeness (QED) is 0.0188. The lowest BCUT2D eigenvalue weighted by Gasteiger charge is -2.22. The number of nitrogens with two attached hydrogens (primary N) is 1. The van der Waals surface area contributed by atoms with Gasteiger partial charge in [0, 0.05) is 51.9 Å². The van der Waals surface area contributed by atoms with Crippen LogP contribution < -0.4 is 32.6 Å². The van der Waals surface area contributed by atoms with Crippen LogP contribution in [0.4, 0.5) is 10.1 Å². The van der Waals surface area contributed by atoms with Crippen molar-refractivity contribution in [3.63, 3.8) is 0 Å². The summed E-state index contributed by atoms with van der Waals surface area (Å²) in [4.78, 5) is 30.0. The molecule has 0 bridgehead atoms. The fourth-order valence-electron chi connectivity index (χ4n) is 9.72. The number of ether oxygens (including phenoxy) is 1. The number of rotatable bonds is 39. The second-order valence-corrected chi connectivity index (χ2v) is 20.1. The van der Waals surface area contributed by atoms with Crippen LogP contribution >= 0.6 is 0 Å². The number of nitrogens with one attached hydrogen (secondary N) is 4. The van der Waals surface area contributed by atoms with Gasteiger partial charge in [0.2, 0.25) is 0 Å². The van der Waals surface area contributed by atoms with Gasteiger partial charge in [-0.05, 0) is 63.8 Å². The number of aromatic nitrogens is 2. The zero-order valence-electron chi connectivity index (χ0n) is 42.9. The van der Waals surface area contributed by atoms with Crippen molar-refractivity contribution in [2.45, 2.75) is 206 Å². The summed E-state index contributed by atoms with van der Waals surface area (Å²) in [6.07, 6.45) is 34.3. The number of nitrogens with zero attached hydrogens (tertiary/aromatic N) is 2. The molecule has 1 aromatic carbocycles. The zero-order chi connectivity index (χ0) is 50.1. The topological polar surface area (TPSA) is 156 Å². The molecule has 0 saturated carbocycles. The van der Waals surface area contributed by atoms with Crippen LogP contribution in [-0.2, 0) is 22.7 Å². The number of pyridine rings is 2. The van der Waals surface area contributed by atoms with E-state index in [1.54, 1.807) is 16.7 Å². The summed E-state index contributed by atoms with van der Waals surface area (Å²) < 4.78 is 22.0. The lowest BCUT2D eigenvalue weighted by Crippen LogP contribution is -2.33. The minimum Gasteiger partial charge on any atom is -0.458 e. The molecule has 2 aliphatic heterocycles. The Kier molecular flexibility index (Phi) is 24.6. The van der Waals surface area contributed by atoms with Crippen molar-refractivity contribution < 1.29 is 19.0 Å². The maximum absolute atomic E-state index is 15.5. The Balaban J connectivity index is 0.826. The first kappa shape index (κ1) is 56.0. The molecule has 386 valence electrons. The normalized spacial score (nSPS) is 14.1. The largest absolute Gasteiger partial charge is 0.458 e. The maximum Gasteiger partial charge on any atom is 0.340 e. The van der Waals surface area contributed by atoms with Crippen LogP contribution in [0.2, 0.25) is 0 Å². The SMILES string of the molecule is C=C(CCCC(=C)NCC(=C)NC(C)C(=C)Nc1cc2cc3c(nc2cc1F)-c1cc2c(c(=O)n1C3)COC(=O)C2O)NCCCCCCCCCCCCCCCCCCCCCCCCCCN. The monoisotopic (exact) mass is 966 g/mol. The Bertz CT molecular complexity index is 2240. The molecular weight excluding hydrogens is 878 g/mol. The Labute approximate surface area is 419 Å². The molecule has 2 unspecified atom stereocenters. The van der Waals surface area contributed by atoms with E-state index in [-0.39, 0.29) is 41.6 Å². The summed E-state index contributed by atoms with van der Waals surface area (Å²) in [6.45, 7) is 21.1. The number of carbonyl (C=O) groups excluding carboxylic acids is 1. The summed E-state index contributed by atoms with van der Waals surface area (Å²) in [5, 5.41) is 24.4. The molecule has 7 N–H and O–H groups in total. The molecule has 0 radical (unpaired) electrons. The van der Waals surface area contributed by atoms with Crippen molar-refractivity contribution in [2.75, 3.05) is 25.0 Å². The summed E-state index contributed by atoms with van der Waals surface area (Å²) in [6, 6.07) is 6.25. The van der Waals surface area contributed by atoms with Crippen LogP contribution in [0.3, 0.4) is 0 Å². The first-order valence-electron chi connectivity index (χ1n) is 27.1. The van der Waals surface area contributed by atoms with Gasteiger partial charge in [-0.25, -0.2) is 14.2 Å². The summed E-state index contributed by atoms with van der Waals surface area (Å²) >= 11 is 0. The van der Waals surface area contributed by atoms with Gasteiger partial charge in [-0.1, -0.05) is 168 Å². The Hall–Kier alpha value is -4.94. The highest BCUT2D eigenvalue weighted by Crippen LogP contribution is 2.36. The van der Waals surface area contributed by atoms with E-state index in [9.17, 15) is 14.7 Å². The number of hydrogen-bond acceptors (Lipinski definition) is 10. The molecule has 0 aliphatic carbocycles. The van der Waals surface area contributed by atoms with Crippen molar-refractivity contribution in [1.82, 2.24) is 25.5 Å². The minimum atomic E-state index is -1.54. The van der Waals surface area contributed by atoms with Crippen LogP contribution in [0.1, 0.15) is 203 Å². The van der Waals surface area contributed by atoms with E-state index in [0.717, 1.165) is 55.0 Å². The number of allylic oxidation sites excluding steroid dienone is 2. The van der Waals surface area contributed by atoms with Crippen molar-refractivity contribution in [3.8, 4) is 11.4 Å². The van der Waals surface area contributed by atoms with Crippen LogP contribution in [0, 0.1) is 5.82 Å². The fourth-order valence-corrected chi connectivity index (χ4v) is 9.72. The number of fused-ring (bicyclic) bond motifs is 5. The van der Waals surface area contributed by atoms with Crippen molar-refractivity contribution in [2.24, 2.45) is 5.73 Å². The number of unbranched alkanes of at least 4 members (excludes halogenated alkanes) is 23. The van der Waals surface area contributed by atoms with Crippen LogP contribution in [-0.4, -0.2) is 46.3 Å². The molecule has 3 aromatic rings. The van der Waals surface area contributed by atoms with Gasteiger partial charge in [0.1, 0.15) is 12.4 Å². The molecule has 12 heteroatoms. The number of halogens is 1. The van der Waals surface area contributed by atoms with Crippen LogP contribution in [0.5, 0.6) is 0 Å². The van der Waals surface area contributed by atoms with E-state index in [0.29, 0.717) is 34.5 Å². The number of carbonyl (C=O) groups is 1. The fraction of sp³-hybridized carbons (Fsp3) is 0.603. The Morgan fingerprint density at radius 3 is 1.83 bits per heavy atom. The Morgan fingerprint density at radius 2 is 1.27 bits per heavy atom. The van der Waals surface area contributed by atoms with Gasteiger partial charge in [-0.15, -0.1) is 0 Å². The summed E-state index contributed by atoms with van der Waals surface area (Å²) in [7, 11) is 0. The summed E-state index contributed by atoms with van der Waals surface area (Å²) in [5.41, 5.74) is 11.4. The average Bonchev–Trinajstić information content (AvgIpc) is 3.70. The van der Waals surface area contributed by atoms with Crippen molar-refractivity contribution >= 4 is 22.6 Å². The predicted molar refractivity (Wildman–Crippen MR) is 288 cm³/mol. The van der Waals surface area contributed by atoms with E-state index >= 15 is 4.39 Å². The number of esters is 1. The lowest BCUT2D eigenvalue weighted by atomic mass is 10.0. The molecule has 2 aliphatic rings. The number of benzene rings is 1. The first-order chi connectivity index (χ1) is 34.0. The maximum atomic E-state index is 15.5. The van der Waals surface area contributed by atoms with E-state index in [1.807, 2.05) is 13.0 Å². The second-order valence-electron chi connectivity index (χ2n) is 20.1. The molecule has 0 spiro atoms. The highest BCUT2D eigenvalue weighted by atomic mass is 19.1. The standard InChI is InChI=1S/C58H88FN7O4/c1-42(61-34-29-27-25-23-21-19-17-15-13-11-9-7-6-8-10-12-14-16-18-20-22-24-26-28-33-60)31-30-32-43(2)62-39-44(3)63-45(4)46(5)64-53-36-47-35-48-40-66-54(55(48)65-52(47)38-51(53)59)37-49-50(57(66)68)41-70-58(69)56(49)67/h35-38,45,56,61-64,67H,1-3,5-34,39-41,60H2,4H3. The second kappa shape index (κ2) is 30.7. The molecule has 4 heterocycles. The molecular formula is C58H88FN7O4. The number of hydrogen-bond donors (Lipinski definition) is 6. The molecule has 0 saturated heterocycles. The van der Waals surface area contributed by atoms with Gasteiger partial charge < -0.3 is 41.4 Å². The van der Waals surface area contributed by atoms with Crippen molar-refractivity contribution in [3.05, 3.63) is 106 Å². The molecule has 0 fully saturated rings. The lowest BCUT2D eigenvalue weighted by molar-refractivity contribution is -0.157. The van der Waals surface area contributed by atoms with E-state index in [2.05, 4.69) is 47.6 Å². The third-order valence-electron chi connectivity index (χ3n) is 14.1. The smallest absolute Gasteiger partial charge is 0.340 e.